The molecular formula is C21H26N6O. The third-order valence-corrected chi connectivity index (χ3v) is 5.57. The molecule has 0 radical (unpaired) electrons. The number of aromatic amines is 1. The number of hydrogen-bond donors (Lipinski definition) is 2. The van der Waals surface area contributed by atoms with Gasteiger partial charge in [-0.05, 0) is 62.0 Å². The second-order valence-electron chi connectivity index (χ2n) is 7.38. The number of carbonyl (C=O) groups is 1. The van der Waals surface area contributed by atoms with E-state index in [0.29, 0.717) is 17.2 Å². The molecule has 146 valence electrons. The SMILES string of the molecule is CCN(CC)Cc1c(C)[nH]c(/C=C2/C(=O)NN=C2c2ccnnc2)c1C1CC1. The molecule has 1 fully saturated rings. The summed E-state index contributed by atoms with van der Waals surface area (Å²) in [5.41, 5.74) is 9.49. The molecule has 0 saturated heterocycles. The van der Waals surface area contributed by atoms with Gasteiger partial charge in [0.2, 0.25) is 0 Å². The normalized spacial score (nSPS) is 18.1. The van der Waals surface area contributed by atoms with E-state index in [1.165, 1.54) is 29.7 Å². The van der Waals surface area contributed by atoms with Crippen LogP contribution in [-0.2, 0) is 11.3 Å². The minimum Gasteiger partial charge on any atom is -0.359 e. The largest absolute Gasteiger partial charge is 0.359 e. The number of nitrogens with one attached hydrogen (secondary N) is 2. The van der Waals surface area contributed by atoms with Crippen LogP contribution in [0, 0.1) is 6.92 Å². The van der Waals surface area contributed by atoms with E-state index in [9.17, 15) is 4.79 Å². The highest BCUT2D eigenvalue weighted by Crippen LogP contribution is 2.45. The van der Waals surface area contributed by atoms with Gasteiger partial charge >= 0.3 is 0 Å². The fourth-order valence-electron chi connectivity index (χ4n) is 3.80. The zero-order chi connectivity index (χ0) is 19.7. The van der Waals surface area contributed by atoms with E-state index in [0.717, 1.165) is 30.9 Å². The van der Waals surface area contributed by atoms with Crippen LogP contribution in [0.5, 0.6) is 0 Å². The third-order valence-electron chi connectivity index (χ3n) is 5.57. The molecule has 2 aromatic rings. The Balaban J connectivity index is 1.75. The molecule has 2 aliphatic rings. The van der Waals surface area contributed by atoms with Crippen molar-refractivity contribution in [1.29, 1.82) is 0 Å². The number of hydrogen-bond acceptors (Lipinski definition) is 5. The number of carbonyl (C=O) groups excluding carboxylic acids is 1. The highest BCUT2D eigenvalue weighted by atomic mass is 16.2. The molecule has 1 saturated carbocycles. The van der Waals surface area contributed by atoms with Crippen molar-refractivity contribution in [3.8, 4) is 0 Å². The standard InChI is InChI=1S/C21H26N6O/c1-4-27(5-2)12-17-13(3)24-18(19(17)14-6-7-14)10-16-20(25-26-21(16)28)15-8-9-22-23-11-15/h8-11,14,24H,4-7,12H2,1-3H3,(H,26,28)/b16-10+. The van der Waals surface area contributed by atoms with Gasteiger partial charge in [-0.1, -0.05) is 13.8 Å². The molecule has 2 aromatic heterocycles. The Morgan fingerprint density at radius 3 is 2.68 bits per heavy atom. The molecule has 0 spiro atoms. The van der Waals surface area contributed by atoms with Gasteiger partial charge in [0, 0.05) is 23.5 Å². The van der Waals surface area contributed by atoms with Gasteiger partial charge in [0.25, 0.3) is 5.91 Å². The van der Waals surface area contributed by atoms with Crippen molar-refractivity contribution in [3.63, 3.8) is 0 Å². The van der Waals surface area contributed by atoms with Crippen LogP contribution in [0.25, 0.3) is 6.08 Å². The van der Waals surface area contributed by atoms with E-state index in [1.807, 2.05) is 12.1 Å². The summed E-state index contributed by atoms with van der Waals surface area (Å²) in [4.78, 5) is 18.4. The number of H-pyrrole nitrogens is 1. The van der Waals surface area contributed by atoms with E-state index in [-0.39, 0.29) is 5.91 Å². The molecule has 4 rings (SSSR count). The molecule has 2 N–H and O–H groups in total. The molecule has 0 bridgehead atoms. The zero-order valence-corrected chi connectivity index (χ0v) is 16.6. The number of rotatable bonds is 7. The topological polar surface area (TPSA) is 86.3 Å². The fourth-order valence-corrected chi connectivity index (χ4v) is 3.80. The average Bonchev–Trinajstić information content (AvgIpc) is 3.42. The summed E-state index contributed by atoms with van der Waals surface area (Å²) in [6.07, 6.45) is 7.60. The minimum atomic E-state index is -0.189. The first kappa shape index (κ1) is 18.6. The first-order valence-corrected chi connectivity index (χ1v) is 9.93. The highest BCUT2D eigenvalue weighted by molar-refractivity contribution is 6.33. The second-order valence-corrected chi connectivity index (χ2v) is 7.38. The van der Waals surface area contributed by atoms with Crippen molar-refractivity contribution in [2.45, 2.75) is 46.1 Å². The van der Waals surface area contributed by atoms with E-state index in [4.69, 9.17) is 0 Å². The minimum absolute atomic E-state index is 0.189. The molecule has 0 unspecified atom stereocenters. The maximum atomic E-state index is 12.5. The molecule has 7 heteroatoms. The summed E-state index contributed by atoms with van der Waals surface area (Å²) in [7, 11) is 0. The van der Waals surface area contributed by atoms with Gasteiger partial charge in [-0.3, -0.25) is 9.69 Å². The molecule has 1 amide bonds. The van der Waals surface area contributed by atoms with Crippen molar-refractivity contribution in [2.75, 3.05) is 13.1 Å². The Kier molecular flexibility index (Phi) is 5.09. The average molecular weight is 378 g/mol. The van der Waals surface area contributed by atoms with Crippen molar-refractivity contribution >= 4 is 17.7 Å². The maximum Gasteiger partial charge on any atom is 0.273 e. The van der Waals surface area contributed by atoms with Crippen LogP contribution in [0.3, 0.4) is 0 Å². The van der Waals surface area contributed by atoms with Gasteiger partial charge in [0.05, 0.1) is 18.0 Å². The van der Waals surface area contributed by atoms with Crippen molar-refractivity contribution in [2.24, 2.45) is 5.10 Å². The number of hydrazone groups is 1. The molecular weight excluding hydrogens is 352 g/mol. The lowest BCUT2D eigenvalue weighted by molar-refractivity contribution is -0.116. The Hall–Kier alpha value is -2.80. The lowest BCUT2D eigenvalue weighted by Crippen LogP contribution is -2.22. The Bertz CT molecular complexity index is 935. The summed E-state index contributed by atoms with van der Waals surface area (Å²) in [5.74, 6) is 0.390. The second kappa shape index (κ2) is 7.67. The molecule has 0 aromatic carbocycles. The first-order valence-electron chi connectivity index (χ1n) is 9.93. The summed E-state index contributed by atoms with van der Waals surface area (Å²) < 4.78 is 0. The third kappa shape index (κ3) is 3.49. The van der Waals surface area contributed by atoms with Crippen LogP contribution in [-0.4, -0.2) is 44.8 Å². The van der Waals surface area contributed by atoms with Crippen molar-refractivity contribution in [3.05, 3.63) is 52.1 Å². The fraction of sp³-hybridized carbons (Fsp3) is 0.429. The predicted octanol–water partition coefficient (Wildman–Crippen LogP) is 2.75. The van der Waals surface area contributed by atoms with E-state index in [1.54, 1.807) is 12.4 Å². The summed E-state index contributed by atoms with van der Waals surface area (Å²) in [6, 6.07) is 1.81. The first-order chi connectivity index (χ1) is 13.6. The number of nitrogens with zero attached hydrogens (tertiary/aromatic N) is 4. The highest BCUT2D eigenvalue weighted by Gasteiger charge is 2.32. The molecule has 3 heterocycles. The Labute approximate surface area is 164 Å². The molecule has 1 aliphatic heterocycles. The maximum absolute atomic E-state index is 12.5. The summed E-state index contributed by atoms with van der Waals surface area (Å²) >= 11 is 0. The molecule has 0 atom stereocenters. The van der Waals surface area contributed by atoms with Crippen LogP contribution < -0.4 is 5.43 Å². The van der Waals surface area contributed by atoms with Crippen LogP contribution in [0.15, 0.2) is 29.1 Å². The quantitative estimate of drug-likeness (QED) is 0.726. The summed E-state index contributed by atoms with van der Waals surface area (Å²) in [5, 5.41) is 11.9. The van der Waals surface area contributed by atoms with Gasteiger partial charge in [-0.2, -0.15) is 15.3 Å². The van der Waals surface area contributed by atoms with Gasteiger partial charge in [-0.15, -0.1) is 0 Å². The van der Waals surface area contributed by atoms with Gasteiger partial charge < -0.3 is 4.98 Å². The van der Waals surface area contributed by atoms with Crippen LogP contribution in [0.4, 0.5) is 0 Å². The number of aryl methyl sites for hydroxylation is 1. The molecule has 7 nitrogen and oxygen atoms in total. The van der Waals surface area contributed by atoms with Crippen LogP contribution >= 0.6 is 0 Å². The molecule has 28 heavy (non-hydrogen) atoms. The van der Waals surface area contributed by atoms with E-state index in [2.05, 4.69) is 51.4 Å². The lowest BCUT2D eigenvalue weighted by atomic mass is 9.99. The van der Waals surface area contributed by atoms with Crippen LogP contribution in [0.1, 0.15) is 60.7 Å². The van der Waals surface area contributed by atoms with Crippen molar-refractivity contribution in [1.82, 2.24) is 25.5 Å². The van der Waals surface area contributed by atoms with Gasteiger partial charge in [0.1, 0.15) is 5.71 Å². The monoisotopic (exact) mass is 378 g/mol. The predicted molar refractivity (Wildman–Crippen MR) is 109 cm³/mol. The summed E-state index contributed by atoms with van der Waals surface area (Å²) in [6.45, 7) is 9.50. The number of amides is 1. The zero-order valence-electron chi connectivity index (χ0n) is 16.6. The number of aromatic nitrogens is 3. The Morgan fingerprint density at radius 2 is 2.04 bits per heavy atom. The van der Waals surface area contributed by atoms with E-state index >= 15 is 0 Å². The van der Waals surface area contributed by atoms with Gasteiger partial charge in [0.15, 0.2) is 0 Å². The molecule has 1 aliphatic carbocycles. The van der Waals surface area contributed by atoms with Gasteiger partial charge in [-0.25, -0.2) is 5.43 Å². The van der Waals surface area contributed by atoms with Crippen molar-refractivity contribution < 1.29 is 4.79 Å². The van der Waals surface area contributed by atoms with E-state index < -0.39 is 0 Å². The lowest BCUT2D eigenvalue weighted by Gasteiger charge is -2.19. The Morgan fingerprint density at radius 1 is 1.25 bits per heavy atom. The van der Waals surface area contributed by atoms with Crippen LogP contribution in [0.2, 0.25) is 0 Å². The smallest absolute Gasteiger partial charge is 0.273 e.